The van der Waals surface area contributed by atoms with Gasteiger partial charge < -0.3 is 5.32 Å². The van der Waals surface area contributed by atoms with Crippen LogP contribution >= 0.6 is 11.6 Å². The minimum absolute atomic E-state index is 0.191. The summed E-state index contributed by atoms with van der Waals surface area (Å²) in [4.78, 5) is 0. The number of nitrogens with one attached hydrogen (secondary N) is 1. The molecule has 0 aliphatic heterocycles. The van der Waals surface area contributed by atoms with Crippen molar-refractivity contribution >= 4 is 11.6 Å². The second kappa shape index (κ2) is 5.76. The highest BCUT2D eigenvalue weighted by molar-refractivity contribution is 6.20. The SMILES string of the molecule is FC(F)CNCC1CCCC(Cl)C1. The number of rotatable bonds is 4. The van der Waals surface area contributed by atoms with Gasteiger partial charge in [-0.3, -0.25) is 0 Å². The van der Waals surface area contributed by atoms with E-state index in [4.69, 9.17) is 11.6 Å². The van der Waals surface area contributed by atoms with Crippen molar-refractivity contribution in [3.8, 4) is 0 Å². The first kappa shape index (κ1) is 11.2. The minimum Gasteiger partial charge on any atom is -0.311 e. The Hall–Kier alpha value is 0.110. The van der Waals surface area contributed by atoms with E-state index < -0.39 is 6.43 Å². The van der Waals surface area contributed by atoms with Crippen molar-refractivity contribution in [2.75, 3.05) is 13.1 Å². The molecule has 4 heteroatoms. The molecule has 1 saturated carbocycles. The van der Waals surface area contributed by atoms with Gasteiger partial charge in [0.05, 0.1) is 6.54 Å². The zero-order valence-corrected chi connectivity index (χ0v) is 8.36. The fraction of sp³-hybridized carbons (Fsp3) is 1.00. The molecule has 0 amide bonds. The van der Waals surface area contributed by atoms with Crippen molar-refractivity contribution in [1.29, 1.82) is 0 Å². The van der Waals surface area contributed by atoms with E-state index in [1.54, 1.807) is 0 Å². The Morgan fingerprint density at radius 3 is 2.77 bits per heavy atom. The second-order valence-electron chi connectivity index (χ2n) is 3.68. The summed E-state index contributed by atoms with van der Waals surface area (Å²) in [6, 6.07) is 0. The summed E-state index contributed by atoms with van der Waals surface area (Å²) >= 11 is 5.98. The van der Waals surface area contributed by atoms with E-state index in [0.717, 1.165) is 25.7 Å². The summed E-state index contributed by atoms with van der Waals surface area (Å²) in [5, 5.41) is 3.02. The van der Waals surface area contributed by atoms with Gasteiger partial charge in [0.15, 0.2) is 0 Å². The zero-order valence-electron chi connectivity index (χ0n) is 7.61. The van der Waals surface area contributed by atoms with Crippen LogP contribution in [-0.4, -0.2) is 24.9 Å². The molecule has 0 heterocycles. The van der Waals surface area contributed by atoms with Crippen molar-refractivity contribution in [3.63, 3.8) is 0 Å². The van der Waals surface area contributed by atoms with E-state index in [0.29, 0.717) is 12.5 Å². The lowest BCUT2D eigenvalue weighted by Gasteiger charge is -2.25. The molecular formula is C9H16ClF2N. The molecule has 1 N–H and O–H groups in total. The summed E-state index contributed by atoms with van der Waals surface area (Å²) in [6.45, 7) is 0.497. The number of alkyl halides is 3. The molecule has 0 bridgehead atoms. The van der Waals surface area contributed by atoms with Crippen LogP contribution in [0.4, 0.5) is 8.78 Å². The van der Waals surface area contributed by atoms with Gasteiger partial charge in [0, 0.05) is 5.38 Å². The van der Waals surface area contributed by atoms with Gasteiger partial charge in [-0.1, -0.05) is 6.42 Å². The molecule has 1 rings (SSSR count). The molecule has 0 aromatic carbocycles. The predicted molar refractivity (Wildman–Crippen MR) is 50.5 cm³/mol. The Morgan fingerprint density at radius 1 is 1.38 bits per heavy atom. The van der Waals surface area contributed by atoms with Crippen LogP contribution < -0.4 is 5.32 Å². The molecule has 1 nitrogen and oxygen atoms in total. The van der Waals surface area contributed by atoms with Crippen LogP contribution in [0.2, 0.25) is 0 Å². The van der Waals surface area contributed by atoms with Crippen molar-refractivity contribution in [2.45, 2.75) is 37.5 Å². The van der Waals surface area contributed by atoms with E-state index in [2.05, 4.69) is 5.32 Å². The number of hydrogen-bond donors (Lipinski definition) is 1. The summed E-state index contributed by atoms with van der Waals surface area (Å²) < 4.78 is 23.6. The highest BCUT2D eigenvalue weighted by atomic mass is 35.5. The average Bonchev–Trinajstić information content (AvgIpc) is 2.03. The summed E-state index contributed by atoms with van der Waals surface area (Å²) in [6.07, 6.45) is 2.06. The number of halogens is 3. The van der Waals surface area contributed by atoms with Crippen molar-refractivity contribution < 1.29 is 8.78 Å². The smallest absolute Gasteiger partial charge is 0.250 e. The average molecular weight is 212 g/mol. The molecule has 1 aliphatic rings. The molecule has 0 aromatic rings. The Bertz CT molecular complexity index is 144. The van der Waals surface area contributed by atoms with E-state index in [1.165, 1.54) is 0 Å². The molecule has 13 heavy (non-hydrogen) atoms. The lowest BCUT2D eigenvalue weighted by molar-refractivity contribution is 0.143. The Morgan fingerprint density at radius 2 is 2.15 bits per heavy atom. The van der Waals surface area contributed by atoms with Crippen molar-refractivity contribution in [2.24, 2.45) is 5.92 Å². The molecule has 2 atom stereocenters. The van der Waals surface area contributed by atoms with Crippen molar-refractivity contribution in [3.05, 3.63) is 0 Å². The summed E-state index contributed by atoms with van der Waals surface area (Å²) in [7, 11) is 0. The predicted octanol–water partition coefficient (Wildman–Crippen LogP) is 2.64. The fourth-order valence-electron chi connectivity index (χ4n) is 1.81. The third-order valence-electron chi connectivity index (χ3n) is 2.45. The van der Waals surface area contributed by atoms with Gasteiger partial charge in [0.1, 0.15) is 0 Å². The first-order valence-corrected chi connectivity index (χ1v) is 5.25. The third kappa shape index (κ3) is 4.77. The summed E-state index contributed by atoms with van der Waals surface area (Å²) in [5.74, 6) is 0.495. The molecule has 78 valence electrons. The van der Waals surface area contributed by atoms with Gasteiger partial charge >= 0.3 is 0 Å². The summed E-state index contributed by atoms with van der Waals surface area (Å²) in [5.41, 5.74) is 0. The lowest BCUT2D eigenvalue weighted by Crippen LogP contribution is -2.30. The lowest BCUT2D eigenvalue weighted by atomic mass is 9.89. The van der Waals surface area contributed by atoms with Crippen LogP contribution in [0.15, 0.2) is 0 Å². The van der Waals surface area contributed by atoms with Crippen LogP contribution in [0.3, 0.4) is 0 Å². The molecular weight excluding hydrogens is 196 g/mol. The molecule has 0 aromatic heterocycles. The maximum absolute atomic E-state index is 11.8. The molecule has 0 radical (unpaired) electrons. The normalized spacial score (nSPS) is 29.5. The fourth-order valence-corrected chi connectivity index (χ4v) is 2.21. The highest BCUT2D eigenvalue weighted by Gasteiger charge is 2.19. The Kier molecular flexibility index (Phi) is 4.96. The minimum atomic E-state index is -2.24. The quantitative estimate of drug-likeness (QED) is 0.705. The molecule has 1 fully saturated rings. The van der Waals surface area contributed by atoms with E-state index in [9.17, 15) is 8.78 Å². The first-order valence-electron chi connectivity index (χ1n) is 4.81. The van der Waals surface area contributed by atoms with E-state index >= 15 is 0 Å². The number of hydrogen-bond acceptors (Lipinski definition) is 1. The van der Waals surface area contributed by atoms with Gasteiger partial charge in [-0.05, 0) is 31.7 Å². The van der Waals surface area contributed by atoms with Gasteiger partial charge in [-0.2, -0.15) is 0 Å². The Labute approximate surface area is 82.8 Å². The largest absolute Gasteiger partial charge is 0.311 e. The van der Waals surface area contributed by atoms with Gasteiger partial charge in [0.25, 0.3) is 6.43 Å². The van der Waals surface area contributed by atoms with E-state index in [1.807, 2.05) is 0 Å². The Balaban J connectivity index is 2.06. The van der Waals surface area contributed by atoms with Crippen LogP contribution in [-0.2, 0) is 0 Å². The molecule has 0 saturated heterocycles. The standard InChI is InChI=1S/C9H16ClF2N/c10-8-3-1-2-7(4-8)5-13-6-9(11)12/h7-9,13H,1-6H2. The monoisotopic (exact) mass is 211 g/mol. The highest BCUT2D eigenvalue weighted by Crippen LogP contribution is 2.27. The zero-order chi connectivity index (χ0) is 9.68. The third-order valence-corrected chi connectivity index (χ3v) is 2.85. The van der Waals surface area contributed by atoms with Crippen molar-refractivity contribution in [1.82, 2.24) is 5.32 Å². The van der Waals surface area contributed by atoms with Crippen LogP contribution in [0.25, 0.3) is 0 Å². The first-order chi connectivity index (χ1) is 6.18. The maximum Gasteiger partial charge on any atom is 0.250 e. The molecule has 2 unspecified atom stereocenters. The van der Waals surface area contributed by atoms with Crippen LogP contribution in [0.1, 0.15) is 25.7 Å². The van der Waals surface area contributed by atoms with Crippen LogP contribution in [0.5, 0.6) is 0 Å². The van der Waals surface area contributed by atoms with Gasteiger partial charge in [-0.15, -0.1) is 11.6 Å². The van der Waals surface area contributed by atoms with Gasteiger partial charge in [-0.25, -0.2) is 8.78 Å². The topological polar surface area (TPSA) is 12.0 Å². The van der Waals surface area contributed by atoms with Crippen LogP contribution in [0, 0.1) is 5.92 Å². The second-order valence-corrected chi connectivity index (χ2v) is 4.30. The van der Waals surface area contributed by atoms with Gasteiger partial charge in [0.2, 0.25) is 0 Å². The molecule has 1 aliphatic carbocycles. The van der Waals surface area contributed by atoms with E-state index in [-0.39, 0.29) is 11.9 Å². The maximum atomic E-state index is 11.8. The molecule has 0 spiro atoms.